The molecule has 0 aliphatic rings. The monoisotopic (exact) mass is 285 g/mol. The Morgan fingerprint density at radius 1 is 1.50 bits per heavy atom. The molecule has 2 rings (SSSR count). The number of nitrogens with zero attached hydrogens (tertiary/aromatic N) is 2. The molecular weight excluding hydrogens is 273 g/mol. The largest absolute Gasteiger partial charge is 0.305 e. The number of nitrogens with one attached hydrogen (secondary N) is 1. The Bertz CT molecular complexity index is 504. The normalized spacial score (nSPS) is 12.6. The van der Waals surface area contributed by atoms with Gasteiger partial charge in [-0.1, -0.05) is 24.6 Å². The Kier molecular flexibility index (Phi) is 4.63. The van der Waals surface area contributed by atoms with Gasteiger partial charge in [0.1, 0.15) is 5.82 Å². The van der Waals surface area contributed by atoms with Crippen LogP contribution in [0, 0.1) is 5.82 Å². The molecule has 96 valence electrons. The molecule has 18 heavy (non-hydrogen) atoms. The summed E-state index contributed by atoms with van der Waals surface area (Å²) in [6.07, 6.45) is 2.62. The van der Waals surface area contributed by atoms with Gasteiger partial charge in [-0.2, -0.15) is 8.75 Å². The zero-order valence-corrected chi connectivity index (χ0v) is 11.4. The summed E-state index contributed by atoms with van der Waals surface area (Å²) in [6, 6.07) is 4.41. The molecule has 2 aromatic rings. The highest BCUT2D eigenvalue weighted by Gasteiger charge is 2.19. The van der Waals surface area contributed by atoms with Gasteiger partial charge in [0, 0.05) is 10.6 Å². The first-order valence-corrected chi connectivity index (χ1v) is 6.79. The molecule has 0 radical (unpaired) electrons. The van der Waals surface area contributed by atoms with Crippen LogP contribution in [-0.2, 0) is 0 Å². The number of hydrogen-bond acceptors (Lipinski definition) is 4. The lowest BCUT2D eigenvalue weighted by Crippen LogP contribution is -2.24. The molecule has 0 amide bonds. The fourth-order valence-corrected chi connectivity index (χ4v) is 2.31. The molecule has 1 N–H and O–H groups in total. The Labute approximate surface area is 114 Å². The fraction of sp³-hybridized carbons (Fsp3) is 0.333. The summed E-state index contributed by atoms with van der Waals surface area (Å²) in [5, 5.41) is 3.66. The zero-order valence-electron chi connectivity index (χ0n) is 9.86. The highest BCUT2D eigenvalue weighted by Crippen LogP contribution is 2.25. The van der Waals surface area contributed by atoms with Crippen molar-refractivity contribution < 1.29 is 4.39 Å². The van der Waals surface area contributed by atoms with E-state index >= 15 is 0 Å². The van der Waals surface area contributed by atoms with Crippen LogP contribution in [0.5, 0.6) is 0 Å². The third kappa shape index (κ3) is 3.04. The second-order valence-electron chi connectivity index (χ2n) is 3.89. The molecule has 0 saturated carbocycles. The van der Waals surface area contributed by atoms with Crippen molar-refractivity contribution in [2.45, 2.75) is 19.4 Å². The van der Waals surface area contributed by atoms with Crippen LogP contribution >= 0.6 is 23.3 Å². The van der Waals surface area contributed by atoms with E-state index in [1.807, 2.05) is 0 Å². The summed E-state index contributed by atoms with van der Waals surface area (Å²) < 4.78 is 22.1. The maximum absolute atomic E-state index is 14.0. The Balaban J connectivity index is 2.33. The lowest BCUT2D eigenvalue weighted by atomic mass is 10.0. The van der Waals surface area contributed by atoms with E-state index in [9.17, 15) is 4.39 Å². The van der Waals surface area contributed by atoms with Gasteiger partial charge in [-0.3, -0.25) is 0 Å². The van der Waals surface area contributed by atoms with Crippen molar-refractivity contribution in [1.29, 1.82) is 0 Å². The third-order valence-corrected chi connectivity index (χ3v) is 3.27. The zero-order chi connectivity index (χ0) is 13.0. The quantitative estimate of drug-likeness (QED) is 0.915. The first kappa shape index (κ1) is 13.4. The van der Waals surface area contributed by atoms with E-state index in [1.54, 1.807) is 18.3 Å². The van der Waals surface area contributed by atoms with Crippen LogP contribution in [0.15, 0.2) is 24.4 Å². The average molecular weight is 286 g/mol. The number of aromatic nitrogens is 2. The van der Waals surface area contributed by atoms with Crippen LogP contribution in [0.1, 0.15) is 30.6 Å². The van der Waals surface area contributed by atoms with Crippen molar-refractivity contribution in [3.63, 3.8) is 0 Å². The second kappa shape index (κ2) is 6.22. The molecule has 0 bridgehead atoms. The van der Waals surface area contributed by atoms with Gasteiger partial charge in [0.2, 0.25) is 0 Å². The Hall–Kier alpha value is -1.04. The summed E-state index contributed by atoms with van der Waals surface area (Å²) in [4.78, 5) is 0. The van der Waals surface area contributed by atoms with Crippen molar-refractivity contribution >= 4 is 23.3 Å². The predicted octanol–water partition coefficient (Wildman–Crippen LogP) is 3.42. The number of hydrogen-bond donors (Lipinski definition) is 1. The SMILES string of the molecule is CCCNC(c1cnsn1)c1ccc(Cl)cc1F. The highest BCUT2D eigenvalue weighted by molar-refractivity contribution is 6.99. The summed E-state index contributed by atoms with van der Waals surface area (Å²) in [6.45, 7) is 2.84. The molecule has 0 aliphatic carbocycles. The molecule has 6 heteroatoms. The van der Waals surface area contributed by atoms with Crippen molar-refractivity contribution in [3.05, 3.63) is 46.5 Å². The second-order valence-corrected chi connectivity index (χ2v) is 4.88. The van der Waals surface area contributed by atoms with Crippen LogP contribution in [0.2, 0.25) is 5.02 Å². The van der Waals surface area contributed by atoms with Crippen LogP contribution < -0.4 is 5.32 Å². The number of benzene rings is 1. The molecule has 1 aromatic heterocycles. The maximum atomic E-state index is 14.0. The maximum Gasteiger partial charge on any atom is 0.129 e. The van der Waals surface area contributed by atoms with E-state index < -0.39 is 0 Å². The highest BCUT2D eigenvalue weighted by atomic mass is 35.5. The van der Waals surface area contributed by atoms with E-state index in [0.717, 1.165) is 30.4 Å². The minimum atomic E-state index is -0.330. The van der Waals surface area contributed by atoms with Gasteiger partial charge in [-0.15, -0.1) is 0 Å². The van der Waals surface area contributed by atoms with Gasteiger partial charge in [0.05, 0.1) is 29.7 Å². The predicted molar refractivity (Wildman–Crippen MR) is 71.5 cm³/mol. The van der Waals surface area contributed by atoms with Gasteiger partial charge >= 0.3 is 0 Å². The van der Waals surface area contributed by atoms with Crippen molar-refractivity contribution in [2.75, 3.05) is 6.54 Å². The van der Waals surface area contributed by atoms with E-state index in [-0.39, 0.29) is 11.9 Å². The van der Waals surface area contributed by atoms with Gasteiger partial charge < -0.3 is 5.32 Å². The third-order valence-electron chi connectivity index (χ3n) is 2.55. The molecule has 3 nitrogen and oxygen atoms in total. The minimum absolute atomic E-state index is 0.277. The minimum Gasteiger partial charge on any atom is -0.305 e. The Morgan fingerprint density at radius 2 is 2.33 bits per heavy atom. The van der Waals surface area contributed by atoms with E-state index in [4.69, 9.17) is 11.6 Å². The molecule has 0 saturated heterocycles. The first-order valence-electron chi connectivity index (χ1n) is 5.68. The molecule has 1 aromatic carbocycles. The van der Waals surface area contributed by atoms with Crippen molar-refractivity contribution in [3.8, 4) is 0 Å². The molecule has 1 heterocycles. The van der Waals surface area contributed by atoms with Gasteiger partial charge in [0.25, 0.3) is 0 Å². The summed E-state index contributed by atoms with van der Waals surface area (Å²) >= 11 is 6.88. The first-order chi connectivity index (χ1) is 8.72. The fourth-order valence-electron chi connectivity index (χ4n) is 1.70. The Morgan fingerprint density at radius 3 is 2.94 bits per heavy atom. The molecule has 1 unspecified atom stereocenters. The topological polar surface area (TPSA) is 37.8 Å². The molecular formula is C12H13ClFN3S. The number of halogens is 2. The summed E-state index contributed by atoms with van der Waals surface area (Å²) in [5.41, 5.74) is 1.27. The van der Waals surface area contributed by atoms with Crippen LogP contribution in [0.25, 0.3) is 0 Å². The lowest BCUT2D eigenvalue weighted by molar-refractivity contribution is 0.541. The average Bonchev–Trinajstić information content (AvgIpc) is 2.85. The van der Waals surface area contributed by atoms with Crippen molar-refractivity contribution in [2.24, 2.45) is 0 Å². The summed E-state index contributed by atoms with van der Waals surface area (Å²) in [7, 11) is 0. The van der Waals surface area contributed by atoms with Crippen LogP contribution in [-0.4, -0.2) is 15.3 Å². The van der Waals surface area contributed by atoms with E-state index in [1.165, 1.54) is 6.07 Å². The number of rotatable bonds is 5. The lowest BCUT2D eigenvalue weighted by Gasteiger charge is -2.17. The molecule has 0 aliphatic heterocycles. The molecule has 0 spiro atoms. The standard InChI is InChI=1S/C12H13ClFN3S/c1-2-5-15-12(11-7-16-18-17-11)9-4-3-8(13)6-10(9)14/h3-4,6-7,12,15H,2,5H2,1H3. The van der Waals surface area contributed by atoms with E-state index in [0.29, 0.717) is 10.6 Å². The summed E-state index contributed by atoms with van der Waals surface area (Å²) in [5.74, 6) is -0.330. The van der Waals surface area contributed by atoms with Gasteiger partial charge in [0.15, 0.2) is 0 Å². The molecule has 1 atom stereocenters. The van der Waals surface area contributed by atoms with Crippen molar-refractivity contribution in [1.82, 2.24) is 14.1 Å². The van der Waals surface area contributed by atoms with Crippen LogP contribution in [0.3, 0.4) is 0 Å². The smallest absolute Gasteiger partial charge is 0.129 e. The van der Waals surface area contributed by atoms with Gasteiger partial charge in [-0.25, -0.2) is 4.39 Å². The van der Waals surface area contributed by atoms with E-state index in [2.05, 4.69) is 21.0 Å². The van der Waals surface area contributed by atoms with Gasteiger partial charge in [-0.05, 0) is 25.1 Å². The van der Waals surface area contributed by atoms with Crippen LogP contribution in [0.4, 0.5) is 4.39 Å². The molecule has 0 fully saturated rings.